The lowest BCUT2D eigenvalue weighted by atomic mass is 9.77. The van der Waals surface area contributed by atoms with Gasteiger partial charge < -0.3 is 0 Å². The molecule has 0 N–H and O–H groups in total. The second-order valence-corrected chi connectivity index (χ2v) is 5.96. The van der Waals surface area contributed by atoms with Crippen molar-refractivity contribution in [3.8, 4) is 0 Å². The normalized spacial score (nSPS) is 22.6. The van der Waals surface area contributed by atoms with Gasteiger partial charge in [0.1, 0.15) is 0 Å². The van der Waals surface area contributed by atoms with Crippen LogP contribution in [0.5, 0.6) is 0 Å². The van der Waals surface area contributed by atoms with Gasteiger partial charge in [-0.25, -0.2) is 0 Å². The summed E-state index contributed by atoms with van der Waals surface area (Å²) in [7, 11) is 0. The number of rotatable bonds is 5. The molecule has 1 aliphatic rings. The van der Waals surface area contributed by atoms with Gasteiger partial charge in [-0.2, -0.15) is 8.78 Å². The zero-order valence-corrected chi connectivity index (χ0v) is 12.2. The summed E-state index contributed by atoms with van der Waals surface area (Å²) in [6, 6.07) is 7.65. The van der Waals surface area contributed by atoms with Gasteiger partial charge in [0.25, 0.3) is 6.08 Å². The molecule has 1 aliphatic carbocycles. The highest BCUT2D eigenvalue weighted by Gasteiger charge is 2.21. The van der Waals surface area contributed by atoms with Crippen LogP contribution in [0.25, 0.3) is 6.08 Å². The van der Waals surface area contributed by atoms with E-state index in [-0.39, 0.29) is 0 Å². The fourth-order valence-electron chi connectivity index (χ4n) is 3.27. The Morgan fingerprint density at radius 3 is 2.30 bits per heavy atom. The van der Waals surface area contributed by atoms with Crippen molar-refractivity contribution >= 4 is 6.08 Å². The molecule has 0 saturated heterocycles. The molecule has 0 bridgehead atoms. The molecule has 0 aliphatic heterocycles. The summed E-state index contributed by atoms with van der Waals surface area (Å²) < 4.78 is 24.4. The van der Waals surface area contributed by atoms with Gasteiger partial charge in [-0.15, -0.1) is 0 Å². The Hall–Kier alpha value is -1.18. The molecular formula is C18H24F2. The average molecular weight is 278 g/mol. The Kier molecular flexibility index (Phi) is 5.75. The number of hydrogen-bond acceptors (Lipinski definition) is 0. The maximum absolute atomic E-state index is 12.2. The van der Waals surface area contributed by atoms with Crippen LogP contribution in [0.2, 0.25) is 0 Å². The number of hydrogen-bond donors (Lipinski definition) is 0. The molecule has 0 nitrogen and oxygen atoms in total. The lowest BCUT2D eigenvalue weighted by Crippen LogP contribution is -2.13. The van der Waals surface area contributed by atoms with Crippen molar-refractivity contribution in [3.63, 3.8) is 0 Å². The molecular weight excluding hydrogens is 254 g/mol. The third kappa shape index (κ3) is 4.43. The maximum atomic E-state index is 12.2. The SMILES string of the molecule is CCCCC1CCC(c2ccc(C=C(F)F)cc2)CC1. The van der Waals surface area contributed by atoms with Crippen molar-refractivity contribution in [2.45, 2.75) is 57.8 Å². The zero-order valence-electron chi connectivity index (χ0n) is 12.2. The summed E-state index contributed by atoms with van der Waals surface area (Å²) in [5.41, 5.74) is 1.90. The number of benzene rings is 1. The van der Waals surface area contributed by atoms with Crippen LogP contribution in [-0.4, -0.2) is 0 Å². The van der Waals surface area contributed by atoms with Crippen molar-refractivity contribution < 1.29 is 8.78 Å². The summed E-state index contributed by atoms with van der Waals surface area (Å²) in [5, 5.41) is 0. The summed E-state index contributed by atoms with van der Waals surface area (Å²) in [6.07, 6.45) is 8.47. The van der Waals surface area contributed by atoms with Crippen LogP contribution in [0, 0.1) is 5.92 Å². The number of unbranched alkanes of at least 4 members (excludes halogenated alkanes) is 1. The van der Waals surface area contributed by atoms with E-state index in [0.717, 1.165) is 12.0 Å². The van der Waals surface area contributed by atoms with Gasteiger partial charge in [0.15, 0.2) is 0 Å². The molecule has 1 saturated carbocycles. The van der Waals surface area contributed by atoms with Gasteiger partial charge in [-0.3, -0.25) is 0 Å². The van der Waals surface area contributed by atoms with E-state index in [1.165, 1.54) is 50.5 Å². The highest BCUT2D eigenvalue weighted by atomic mass is 19.3. The predicted octanol–water partition coefficient (Wildman–Crippen LogP) is 6.39. The van der Waals surface area contributed by atoms with Gasteiger partial charge in [-0.1, -0.05) is 50.5 Å². The van der Waals surface area contributed by atoms with E-state index in [4.69, 9.17) is 0 Å². The van der Waals surface area contributed by atoms with Crippen LogP contribution in [0.3, 0.4) is 0 Å². The van der Waals surface area contributed by atoms with Crippen molar-refractivity contribution in [3.05, 3.63) is 41.5 Å². The van der Waals surface area contributed by atoms with Crippen LogP contribution >= 0.6 is 0 Å². The van der Waals surface area contributed by atoms with E-state index in [2.05, 4.69) is 6.92 Å². The van der Waals surface area contributed by atoms with Crippen molar-refractivity contribution in [2.24, 2.45) is 5.92 Å². The topological polar surface area (TPSA) is 0 Å². The summed E-state index contributed by atoms with van der Waals surface area (Å²) in [5.74, 6) is 1.54. The van der Waals surface area contributed by atoms with Gasteiger partial charge in [-0.05, 0) is 48.6 Å². The van der Waals surface area contributed by atoms with E-state index in [9.17, 15) is 8.78 Å². The fraction of sp³-hybridized carbons (Fsp3) is 0.556. The zero-order chi connectivity index (χ0) is 14.4. The van der Waals surface area contributed by atoms with Crippen molar-refractivity contribution in [1.82, 2.24) is 0 Å². The Balaban J connectivity index is 1.89. The molecule has 0 aromatic heterocycles. The molecule has 0 amide bonds. The van der Waals surface area contributed by atoms with Crippen LogP contribution in [0.4, 0.5) is 8.78 Å². The van der Waals surface area contributed by atoms with Crippen LogP contribution in [0.15, 0.2) is 30.3 Å². The molecule has 2 heteroatoms. The minimum absolute atomic E-state index is 0.588. The summed E-state index contributed by atoms with van der Waals surface area (Å²) in [6.45, 7) is 2.25. The first-order valence-corrected chi connectivity index (χ1v) is 7.81. The first-order chi connectivity index (χ1) is 9.69. The van der Waals surface area contributed by atoms with Crippen LogP contribution < -0.4 is 0 Å². The molecule has 0 unspecified atom stereocenters. The van der Waals surface area contributed by atoms with E-state index in [1.54, 1.807) is 12.1 Å². The predicted molar refractivity (Wildman–Crippen MR) is 80.9 cm³/mol. The third-order valence-electron chi connectivity index (χ3n) is 4.50. The average Bonchev–Trinajstić information content (AvgIpc) is 2.46. The molecule has 0 radical (unpaired) electrons. The van der Waals surface area contributed by atoms with Gasteiger partial charge in [0.05, 0.1) is 0 Å². The number of halogens is 2. The standard InChI is InChI=1S/C18H24F2/c1-2-3-4-14-5-9-16(10-6-14)17-11-7-15(8-12-17)13-18(19)20/h7-8,11-14,16H,2-6,9-10H2,1H3. The molecule has 1 aromatic rings. The van der Waals surface area contributed by atoms with Crippen molar-refractivity contribution in [1.29, 1.82) is 0 Å². The Labute approximate surface area is 120 Å². The second kappa shape index (κ2) is 7.56. The molecule has 1 aromatic carbocycles. The molecule has 0 spiro atoms. The Morgan fingerprint density at radius 1 is 1.10 bits per heavy atom. The van der Waals surface area contributed by atoms with Gasteiger partial charge >= 0.3 is 0 Å². The minimum atomic E-state index is -1.63. The smallest absolute Gasteiger partial charge is 0.173 e. The summed E-state index contributed by atoms with van der Waals surface area (Å²) in [4.78, 5) is 0. The largest absolute Gasteiger partial charge is 0.270 e. The summed E-state index contributed by atoms with van der Waals surface area (Å²) >= 11 is 0. The van der Waals surface area contributed by atoms with Gasteiger partial charge in [0, 0.05) is 6.08 Å². The lowest BCUT2D eigenvalue weighted by molar-refractivity contribution is 0.304. The van der Waals surface area contributed by atoms with Crippen LogP contribution in [0.1, 0.15) is 68.9 Å². The molecule has 110 valence electrons. The van der Waals surface area contributed by atoms with Crippen molar-refractivity contribution in [2.75, 3.05) is 0 Å². The fourth-order valence-corrected chi connectivity index (χ4v) is 3.27. The first-order valence-electron chi connectivity index (χ1n) is 7.81. The van der Waals surface area contributed by atoms with E-state index in [1.807, 2.05) is 12.1 Å². The molecule has 20 heavy (non-hydrogen) atoms. The van der Waals surface area contributed by atoms with E-state index in [0.29, 0.717) is 11.5 Å². The highest BCUT2D eigenvalue weighted by molar-refractivity contribution is 5.50. The highest BCUT2D eigenvalue weighted by Crippen LogP contribution is 2.37. The molecule has 0 heterocycles. The van der Waals surface area contributed by atoms with E-state index < -0.39 is 6.08 Å². The molecule has 2 rings (SSSR count). The maximum Gasteiger partial charge on any atom is 0.270 e. The van der Waals surface area contributed by atoms with Gasteiger partial charge in [0.2, 0.25) is 0 Å². The lowest BCUT2D eigenvalue weighted by Gasteiger charge is -2.28. The molecule has 0 atom stereocenters. The minimum Gasteiger partial charge on any atom is -0.173 e. The second-order valence-electron chi connectivity index (χ2n) is 5.96. The van der Waals surface area contributed by atoms with E-state index >= 15 is 0 Å². The Morgan fingerprint density at radius 2 is 1.75 bits per heavy atom. The Bertz CT molecular complexity index is 421. The first kappa shape index (κ1) is 15.2. The van der Waals surface area contributed by atoms with Crippen LogP contribution in [-0.2, 0) is 0 Å². The monoisotopic (exact) mass is 278 g/mol. The third-order valence-corrected chi connectivity index (χ3v) is 4.50. The molecule has 1 fully saturated rings. The quantitative estimate of drug-likeness (QED) is 0.585.